The summed E-state index contributed by atoms with van der Waals surface area (Å²) in [6, 6.07) is 10.3. The molecule has 1 aromatic heterocycles. The Hall–Kier alpha value is -2.32. The zero-order valence-electron chi connectivity index (χ0n) is 18.6. The van der Waals surface area contributed by atoms with Crippen LogP contribution >= 0.6 is 11.8 Å². The van der Waals surface area contributed by atoms with E-state index in [2.05, 4.69) is 32.2 Å². The normalized spacial score (nSPS) is 15.9. The van der Waals surface area contributed by atoms with Crippen molar-refractivity contribution in [1.29, 1.82) is 5.26 Å². The minimum atomic E-state index is -0.0782. The van der Waals surface area contributed by atoms with Crippen molar-refractivity contribution in [2.75, 3.05) is 11.1 Å². The van der Waals surface area contributed by atoms with E-state index in [-0.39, 0.29) is 11.7 Å². The highest BCUT2D eigenvalue weighted by molar-refractivity contribution is 8.00. The van der Waals surface area contributed by atoms with Gasteiger partial charge >= 0.3 is 0 Å². The van der Waals surface area contributed by atoms with E-state index in [4.69, 9.17) is 4.98 Å². The molecule has 0 bridgehead atoms. The topological polar surface area (TPSA) is 65.8 Å². The first-order chi connectivity index (χ1) is 14.2. The van der Waals surface area contributed by atoms with Crippen molar-refractivity contribution >= 4 is 23.4 Å². The predicted molar refractivity (Wildman–Crippen MR) is 124 cm³/mol. The van der Waals surface area contributed by atoms with Gasteiger partial charge in [0.2, 0.25) is 5.91 Å². The third-order valence-corrected chi connectivity index (χ3v) is 7.57. The maximum absolute atomic E-state index is 12.5. The minimum absolute atomic E-state index is 0.0782. The van der Waals surface area contributed by atoms with Gasteiger partial charge in [-0.2, -0.15) is 5.26 Å². The van der Waals surface area contributed by atoms with Crippen molar-refractivity contribution in [3.8, 4) is 6.07 Å². The lowest BCUT2D eigenvalue weighted by Gasteiger charge is -2.37. The molecule has 1 N–H and O–H groups in total. The molecule has 0 saturated heterocycles. The number of carbonyl (C=O) groups is 1. The number of anilines is 1. The third-order valence-electron chi connectivity index (χ3n) is 6.57. The number of rotatable bonds is 6. The highest BCUT2D eigenvalue weighted by atomic mass is 32.2. The zero-order chi connectivity index (χ0) is 21.9. The second-order valence-corrected chi connectivity index (χ2v) is 9.91. The van der Waals surface area contributed by atoms with E-state index in [1.54, 1.807) is 0 Å². The number of benzene rings is 1. The minimum Gasteiger partial charge on any atom is -0.325 e. The van der Waals surface area contributed by atoms with Gasteiger partial charge in [0.05, 0.1) is 11.3 Å². The largest absolute Gasteiger partial charge is 0.325 e. The second-order valence-electron chi connectivity index (χ2n) is 8.94. The zero-order valence-corrected chi connectivity index (χ0v) is 19.4. The average Bonchev–Trinajstić information content (AvgIpc) is 2.73. The van der Waals surface area contributed by atoms with E-state index in [0.717, 1.165) is 48.2 Å². The van der Waals surface area contributed by atoms with Crippen LogP contribution in [0.25, 0.3) is 0 Å². The van der Waals surface area contributed by atoms with Gasteiger partial charge in [-0.1, -0.05) is 57.2 Å². The molecule has 0 aliphatic heterocycles. The molecular weight excluding hydrogens is 390 g/mol. The number of carbonyl (C=O) groups excluding carboxylic acids is 1. The number of hydrogen-bond acceptors (Lipinski definition) is 4. The molecule has 1 unspecified atom stereocenters. The van der Waals surface area contributed by atoms with Crippen LogP contribution in [0, 0.1) is 36.5 Å². The molecule has 1 aliphatic carbocycles. The van der Waals surface area contributed by atoms with Crippen molar-refractivity contribution in [2.45, 2.75) is 65.3 Å². The van der Waals surface area contributed by atoms with Crippen molar-refractivity contribution in [3.63, 3.8) is 0 Å². The molecule has 1 aliphatic rings. The Morgan fingerprint density at radius 3 is 2.67 bits per heavy atom. The number of amides is 1. The van der Waals surface area contributed by atoms with Crippen LogP contribution in [-0.4, -0.2) is 16.6 Å². The molecular formula is C25H31N3OS. The lowest BCUT2D eigenvalue weighted by Crippen LogP contribution is -2.29. The molecule has 1 heterocycles. The Kier molecular flexibility index (Phi) is 6.88. The van der Waals surface area contributed by atoms with Crippen molar-refractivity contribution in [2.24, 2.45) is 11.3 Å². The van der Waals surface area contributed by atoms with Crippen LogP contribution in [0.1, 0.15) is 61.6 Å². The smallest absolute Gasteiger partial charge is 0.234 e. The summed E-state index contributed by atoms with van der Waals surface area (Å²) in [6.07, 6.45) is 4.20. The fraction of sp³-hybridized carbons (Fsp3) is 0.480. The number of hydrogen-bond donors (Lipinski definition) is 1. The Bertz CT molecular complexity index is 970. The quantitative estimate of drug-likeness (QED) is 0.595. The molecule has 5 heteroatoms. The van der Waals surface area contributed by atoms with Crippen LogP contribution in [-0.2, 0) is 17.6 Å². The lowest BCUT2D eigenvalue weighted by atomic mass is 9.69. The van der Waals surface area contributed by atoms with Gasteiger partial charge in [0.1, 0.15) is 11.1 Å². The molecule has 3 rings (SSSR count). The maximum Gasteiger partial charge on any atom is 0.234 e. The number of nitrogens with zero attached hydrogens (tertiary/aromatic N) is 2. The van der Waals surface area contributed by atoms with Gasteiger partial charge in [0.15, 0.2) is 0 Å². The molecule has 0 radical (unpaired) electrons. The van der Waals surface area contributed by atoms with Crippen molar-refractivity contribution < 1.29 is 4.79 Å². The monoisotopic (exact) mass is 421 g/mol. The fourth-order valence-corrected chi connectivity index (χ4v) is 4.89. The molecule has 1 atom stereocenters. The average molecular weight is 422 g/mol. The summed E-state index contributed by atoms with van der Waals surface area (Å²) in [7, 11) is 0. The summed E-state index contributed by atoms with van der Waals surface area (Å²) in [4.78, 5) is 17.3. The van der Waals surface area contributed by atoms with Crippen LogP contribution in [0.3, 0.4) is 0 Å². The van der Waals surface area contributed by atoms with Gasteiger partial charge < -0.3 is 5.32 Å². The first kappa shape index (κ1) is 22.4. The maximum atomic E-state index is 12.5. The summed E-state index contributed by atoms with van der Waals surface area (Å²) >= 11 is 1.35. The predicted octanol–water partition coefficient (Wildman–Crippen LogP) is 5.84. The van der Waals surface area contributed by atoms with E-state index in [9.17, 15) is 10.1 Å². The molecule has 158 valence electrons. The van der Waals surface area contributed by atoms with E-state index < -0.39 is 0 Å². The number of nitrogens with one attached hydrogen (secondary N) is 1. The summed E-state index contributed by atoms with van der Waals surface area (Å²) in [5.74, 6) is 0.773. The number of fused-ring (bicyclic) bond motifs is 1. The molecule has 0 fully saturated rings. The summed E-state index contributed by atoms with van der Waals surface area (Å²) < 4.78 is 0. The Morgan fingerprint density at radius 2 is 2.03 bits per heavy atom. The summed E-state index contributed by atoms with van der Waals surface area (Å²) in [5.41, 5.74) is 6.12. The summed E-state index contributed by atoms with van der Waals surface area (Å²) in [6.45, 7) is 10.9. The van der Waals surface area contributed by atoms with Gasteiger partial charge in [-0.3, -0.25) is 4.79 Å². The van der Waals surface area contributed by atoms with Gasteiger partial charge in [-0.05, 0) is 67.2 Å². The molecule has 30 heavy (non-hydrogen) atoms. The van der Waals surface area contributed by atoms with Crippen molar-refractivity contribution in [1.82, 2.24) is 4.98 Å². The van der Waals surface area contributed by atoms with Gasteiger partial charge in [0.25, 0.3) is 0 Å². The van der Waals surface area contributed by atoms with Crippen LogP contribution in [0.5, 0.6) is 0 Å². The number of nitriles is 1. The van der Waals surface area contributed by atoms with Crippen LogP contribution in [0.4, 0.5) is 5.69 Å². The second kappa shape index (κ2) is 9.22. The van der Waals surface area contributed by atoms with Gasteiger partial charge in [0, 0.05) is 11.4 Å². The standard InChI is InChI=1S/C25H31N3OS/c1-6-25(4,5)20-10-11-21-18(13-20)12-19(14-26)24(27-21)30-15-22(29)28-23-16(2)8-7-9-17(23)3/h7-9,12,20H,6,10-11,13,15H2,1-5H3,(H,28,29). The van der Waals surface area contributed by atoms with E-state index >= 15 is 0 Å². The number of pyridine rings is 1. The number of para-hydroxylation sites is 1. The molecule has 1 amide bonds. The lowest BCUT2D eigenvalue weighted by molar-refractivity contribution is -0.113. The van der Waals surface area contributed by atoms with Crippen LogP contribution < -0.4 is 5.32 Å². The molecule has 0 spiro atoms. The number of aryl methyl sites for hydroxylation is 3. The SMILES string of the molecule is CCC(C)(C)C1CCc2nc(SCC(=O)Nc3c(C)cccc3C)c(C#N)cc2C1. The highest BCUT2D eigenvalue weighted by Gasteiger charge is 2.32. The van der Waals surface area contributed by atoms with E-state index in [1.165, 1.54) is 17.3 Å². The third kappa shape index (κ3) is 4.87. The Balaban J connectivity index is 1.72. The molecule has 0 saturated carbocycles. The Morgan fingerprint density at radius 1 is 1.33 bits per heavy atom. The molecule has 1 aromatic carbocycles. The van der Waals surface area contributed by atoms with Crippen molar-refractivity contribution in [3.05, 3.63) is 52.2 Å². The fourth-order valence-electron chi connectivity index (χ4n) is 4.11. The van der Waals surface area contributed by atoms with Gasteiger partial charge in [-0.15, -0.1) is 0 Å². The van der Waals surface area contributed by atoms with E-state index in [0.29, 0.717) is 21.9 Å². The molecule has 4 nitrogen and oxygen atoms in total. The van der Waals surface area contributed by atoms with Crippen LogP contribution in [0.15, 0.2) is 29.3 Å². The summed E-state index contributed by atoms with van der Waals surface area (Å²) in [5, 5.41) is 13.3. The Labute approximate surface area is 184 Å². The van der Waals surface area contributed by atoms with E-state index in [1.807, 2.05) is 38.1 Å². The highest BCUT2D eigenvalue weighted by Crippen LogP contribution is 2.40. The number of aromatic nitrogens is 1. The first-order valence-electron chi connectivity index (χ1n) is 10.7. The number of thioether (sulfide) groups is 1. The molecule has 2 aromatic rings. The first-order valence-corrected chi connectivity index (χ1v) is 11.7. The van der Waals surface area contributed by atoms with Gasteiger partial charge in [-0.25, -0.2) is 4.98 Å². The van der Waals surface area contributed by atoms with Crippen LogP contribution in [0.2, 0.25) is 0 Å².